The van der Waals surface area contributed by atoms with E-state index in [4.69, 9.17) is 0 Å². The number of esters is 1. The van der Waals surface area contributed by atoms with Crippen LogP contribution < -0.4 is 0 Å². The van der Waals surface area contributed by atoms with Gasteiger partial charge in [0, 0.05) is 0 Å². The first-order valence-electron chi connectivity index (χ1n) is 14.0. The molecule has 4 bridgehead atoms. The van der Waals surface area contributed by atoms with Gasteiger partial charge in [-0.3, -0.25) is 4.79 Å². The van der Waals surface area contributed by atoms with Crippen molar-refractivity contribution >= 4 is 27.0 Å². The van der Waals surface area contributed by atoms with E-state index in [2.05, 4.69) is 95.7 Å². The minimum Gasteiger partial charge on any atom is -0.748 e. The molecule has 0 radical (unpaired) electrons. The number of hydrogen-bond donors (Lipinski definition) is 0. The second kappa shape index (κ2) is 12.4. The molecule has 0 aliphatic heterocycles. The Labute approximate surface area is 247 Å². The Balaban J connectivity index is 0.000000171. The van der Waals surface area contributed by atoms with Crippen LogP contribution in [0.15, 0.2) is 106 Å². The Morgan fingerprint density at radius 1 is 0.786 bits per heavy atom. The highest BCUT2D eigenvalue weighted by Gasteiger charge is 2.57. The molecule has 5 nitrogen and oxygen atoms in total. The first kappa shape index (κ1) is 30.6. The predicted molar refractivity (Wildman–Crippen MR) is 153 cm³/mol. The van der Waals surface area contributed by atoms with Crippen LogP contribution in [-0.4, -0.2) is 37.0 Å². The van der Waals surface area contributed by atoms with Crippen molar-refractivity contribution in [3.63, 3.8) is 0 Å². The van der Waals surface area contributed by atoms with E-state index in [1.165, 1.54) is 14.7 Å². The summed E-state index contributed by atoms with van der Waals surface area (Å²) in [4.78, 5) is 16.5. The first-order chi connectivity index (χ1) is 19.9. The van der Waals surface area contributed by atoms with Crippen molar-refractivity contribution in [2.75, 3.05) is 5.75 Å². The fourth-order valence-electron chi connectivity index (χ4n) is 7.07. The van der Waals surface area contributed by atoms with Gasteiger partial charge in [0.25, 0.3) is 0 Å². The summed E-state index contributed by atoms with van der Waals surface area (Å²) < 4.78 is 75.3. The monoisotopic (exact) mass is 618 g/mol. The van der Waals surface area contributed by atoms with Gasteiger partial charge < -0.3 is 9.29 Å². The lowest BCUT2D eigenvalue weighted by Gasteiger charge is -2.55. The molecule has 4 aliphatic rings. The van der Waals surface area contributed by atoms with Gasteiger partial charge >= 0.3 is 12.1 Å². The standard InChI is InChI=1S/C18H15S.C14H19F3O5S/c1-4-10-16(11-5-1)19(17-12-6-2-7-13-17)18-14-8-3-9-15-18;15-14(16,17)11(7-23(19,20)21)22-12(18)13-4-8-1-9(5-13)3-10(2-8)6-13/h1-15H;8-11H,1-7H2,(H,19,20,21)/q+1;/p-1. The number of benzene rings is 3. The van der Waals surface area contributed by atoms with Crippen LogP contribution in [0, 0.1) is 23.2 Å². The number of hydrogen-bond acceptors (Lipinski definition) is 5. The molecule has 10 heteroatoms. The van der Waals surface area contributed by atoms with Crippen LogP contribution >= 0.6 is 0 Å². The smallest absolute Gasteiger partial charge is 0.426 e. The Morgan fingerprint density at radius 2 is 1.14 bits per heavy atom. The summed E-state index contributed by atoms with van der Waals surface area (Å²) in [6.45, 7) is 0. The van der Waals surface area contributed by atoms with Crippen LogP contribution in [0.25, 0.3) is 0 Å². The quantitative estimate of drug-likeness (QED) is 0.162. The van der Waals surface area contributed by atoms with Gasteiger partial charge in [0.1, 0.15) is 0 Å². The summed E-state index contributed by atoms with van der Waals surface area (Å²) >= 11 is 0. The average Bonchev–Trinajstić information content (AvgIpc) is 2.93. The van der Waals surface area contributed by atoms with E-state index in [-0.39, 0.29) is 10.9 Å². The molecule has 0 N–H and O–H groups in total. The van der Waals surface area contributed by atoms with Crippen molar-refractivity contribution in [1.29, 1.82) is 0 Å². The van der Waals surface area contributed by atoms with Gasteiger partial charge in [0.15, 0.2) is 14.7 Å². The second-order valence-electron chi connectivity index (χ2n) is 11.6. The van der Waals surface area contributed by atoms with E-state index in [1.54, 1.807) is 0 Å². The summed E-state index contributed by atoms with van der Waals surface area (Å²) in [5.41, 5.74) is -0.926. The summed E-state index contributed by atoms with van der Waals surface area (Å²) in [5, 5.41) is 0. The number of ether oxygens (including phenoxy) is 1. The normalized spacial score (nSPS) is 25.4. The molecule has 7 rings (SSSR count). The average molecular weight is 619 g/mol. The van der Waals surface area contributed by atoms with Gasteiger partial charge in [0.2, 0.25) is 6.10 Å². The molecule has 42 heavy (non-hydrogen) atoms. The zero-order chi connectivity index (χ0) is 30.0. The minimum atomic E-state index is -5.16. The fourth-order valence-corrected chi connectivity index (χ4v) is 9.81. The number of alkyl halides is 3. The molecule has 1 atom stereocenters. The molecular weight excluding hydrogens is 585 g/mol. The largest absolute Gasteiger partial charge is 0.748 e. The molecule has 3 aromatic rings. The summed E-state index contributed by atoms with van der Waals surface area (Å²) in [5.74, 6) is -1.75. The summed E-state index contributed by atoms with van der Waals surface area (Å²) in [6.07, 6.45) is -3.43. The van der Waals surface area contributed by atoms with Gasteiger partial charge in [-0.1, -0.05) is 54.6 Å². The second-order valence-corrected chi connectivity index (χ2v) is 15.1. The zero-order valence-electron chi connectivity index (χ0n) is 22.9. The van der Waals surface area contributed by atoms with Crippen LogP contribution in [0.3, 0.4) is 0 Å². The van der Waals surface area contributed by atoms with E-state index < -0.39 is 39.5 Å². The minimum absolute atomic E-state index is 0.0146. The fraction of sp³-hybridized carbons (Fsp3) is 0.406. The lowest BCUT2D eigenvalue weighted by Crippen LogP contribution is -2.52. The third-order valence-corrected chi connectivity index (χ3v) is 11.3. The highest BCUT2D eigenvalue weighted by atomic mass is 32.2. The van der Waals surface area contributed by atoms with E-state index in [0.717, 1.165) is 19.3 Å². The summed E-state index contributed by atoms with van der Waals surface area (Å²) in [6, 6.07) is 32.2. The Kier molecular flexibility index (Phi) is 9.06. The lowest BCUT2D eigenvalue weighted by atomic mass is 9.49. The third kappa shape index (κ3) is 7.38. The molecule has 0 saturated heterocycles. The van der Waals surface area contributed by atoms with Gasteiger partial charge in [-0.05, 0) is 92.7 Å². The van der Waals surface area contributed by atoms with E-state index in [1.807, 2.05) is 0 Å². The van der Waals surface area contributed by atoms with Crippen molar-refractivity contribution in [3.05, 3.63) is 91.0 Å². The van der Waals surface area contributed by atoms with Crippen molar-refractivity contribution in [3.8, 4) is 0 Å². The molecule has 3 aromatic carbocycles. The lowest BCUT2D eigenvalue weighted by molar-refractivity contribution is -0.226. The predicted octanol–water partition coefficient (Wildman–Crippen LogP) is 7.00. The van der Waals surface area contributed by atoms with Crippen LogP contribution in [0.2, 0.25) is 0 Å². The molecular formula is C32H33F3O5S2. The third-order valence-electron chi connectivity index (χ3n) is 8.38. The van der Waals surface area contributed by atoms with E-state index in [9.17, 15) is 30.9 Å². The van der Waals surface area contributed by atoms with Gasteiger partial charge in [-0.2, -0.15) is 13.2 Å². The maximum atomic E-state index is 12.9. The van der Waals surface area contributed by atoms with Gasteiger partial charge in [0.05, 0.1) is 32.2 Å². The number of carbonyl (C=O) groups excluding carboxylic acids is 1. The number of halogens is 3. The Morgan fingerprint density at radius 3 is 1.45 bits per heavy atom. The Bertz CT molecular complexity index is 1320. The molecule has 0 amide bonds. The number of rotatable bonds is 7. The molecule has 4 aliphatic carbocycles. The highest BCUT2D eigenvalue weighted by Crippen LogP contribution is 2.60. The highest BCUT2D eigenvalue weighted by molar-refractivity contribution is 7.97. The molecule has 0 aromatic heterocycles. The van der Waals surface area contributed by atoms with Crippen LogP contribution in [0.1, 0.15) is 38.5 Å². The topological polar surface area (TPSA) is 83.5 Å². The van der Waals surface area contributed by atoms with Crippen LogP contribution in [0.4, 0.5) is 13.2 Å². The molecule has 0 heterocycles. The van der Waals surface area contributed by atoms with Crippen molar-refractivity contribution < 1.29 is 35.7 Å². The van der Waals surface area contributed by atoms with Crippen LogP contribution in [-0.2, 0) is 30.5 Å². The molecule has 224 valence electrons. The van der Waals surface area contributed by atoms with E-state index in [0.29, 0.717) is 37.0 Å². The van der Waals surface area contributed by atoms with Crippen molar-refractivity contribution in [1.82, 2.24) is 0 Å². The molecule has 0 spiro atoms. The maximum Gasteiger partial charge on any atom is 0.426 e. The van der Waals surface area contributed by atoms with Gasteiger partial charge in [-0.25, -0.2) is 8.42 Å². The van der Waals surface area contributed by atoms with Gasteiger partial charge in [-0.15, -0.1) is 0 Å². The van der Waals surface area contributed by atoms with Crippen molar-refractivity contribution in [2.24, 2.45) is 23.2 Å². The summed E-state index contributed by atoms with van der Waals surface area (Å²) in [7, 11) is -5.17. The molecule has 4 saturated carbocycles. The first-order valence-corrected chi connectivity index (χ1v) is 16.8. The number of carbonyl (C=O) groups is 1. The Hall–Kier alpha value is -2.82. The van der Waals surface area contributed by atoms with Crippen molar-refractivity contribution in [2.45, 2.75) is 65.5 Å². The molecule has 4 fully saturated rings. The maximum absolute atomic E-state index is 12.9. The SMILES string of the molecule is O=C(OC(CS(=O)(=O)[O-])C(F)(F)F)C12CC3CC(CC(C3)C1)C2.c1ccc([S+](c2ccccc2)c2ccccc2)cc1. The van der Waals surface area contributed by atoms with Crippen LogP contribution in [0.5, 0.6) is 0 Å². The molecule has 1 unspecified atom stereocenters. The zero-order valence-corrected chi connectivity index (χ0v) is 24.5. The van der Waals surface area contributed by atoms with E-state index >= 15 is 0 Å².